The summed E-state index contributed by atoms with van der Waals surface area (Å²) in [5, 5.41) is 3.42. The molecule has 2 fully saturated rings. The Labute approximate surface area is 158 Å². The van der Waals surface area contributed by atoms with Gasteiger partial charge in [0.2, 0.25) is 0 Å². The second-order valence-electron chi connectivity index (χ2n) is 7.88. The minimum atomic E-state index is 0.158. The Kier molecular flexibility index (Phi) is 7.36. The molecule has 1 N–H and O–H groups in total. The summed E-state index contributed by atoms with van der Waals surface area (Å²) in [6.45, 7) is 6.79. The zero-order chi connectivity index (χ0) is 18.2. The first kappa shape index (κ1) is 19.2. The molecule has 0 bridgehead atoms. The van der Waals surface area contributed by atoms with Crippen molar-refractivity contribution in [2.75, 3.05) is 32.8 Å². The van der Waals surface area contributed by atoms with Gasteiger partial charge in [0.25, 0.3) is 5.91 Å². The highest BCUT2D eigenvalue weighted by molar-refractivity contribution is 5.94. The van der Waals surface area contributed by atoms with Gasteiger partial charge in [0.05, 0.1) is 6.61 Å². The number of likely N-dealkylation sites (tertiary alicyclic amines) is 1. The van der Waals surface area contributed by atoms with Crippen molar-refractivity contribution in [3.8, 4) is 5.75 Å². The topological polar surface area (TPSA) is 41.6 Å². The molecule has 0 unspecified atom stereocenters. The number of ether oxygens (including phenoxy) is 1. The molecule has 4 nitrogen and oxygen atoms in total. The van der Waals surface area contributed by atoms with E-state index < -0.39 is 0 Å². The zero-order valence-corrected chi connectivity index (χ0v) is 16.2. The maximum Gasteiger partial charge on any atom is 0.253 e. The van der Waals surface area contributed by atoms with Crippen LogP contribution < -0.4 is 10.1 Å². The lowest BCUT2D eigenvalue weighted by molar-refractivity contribution is 0.0690. The number of piperidine rings is 1. The normalized spacial score (nSPS) is 19.5. The molecule has 144 valence electrons. The lowest BCUT2D eigenvalue weighted by atomic mass is 9.90. The van der Waals surface area contributed by atoms with E-state index in [4.69, 9.17) is 4.74 Å². The Morgan fingerprint density at radius 3 is 2.38 bits per heavy atom. The van der Waals surface area contributed by atoms with Gasteiger partial charge in [-0.25, -0.2) is 0 Å². The Hall–Kier alpha value is -1.55. The molecule has 1 aromatic rings. The number of hydrogen-bond donors (Lipinski definition) is 1. The van der Waals surface area contributed by atoms with Gasteiger partial charge in [-0.3, -0.25) is 4.79 Å². The van der Waals surface area contributed by atoms with Crippen LogP contribution in [0.5, 0.6) is 5.75 Å². The summed E-state index contributed by atoms with van der Waals surface area (Å²) in [5.41, 5.74) is 0.778. The second-order valence-corrected chi connectivity index (χ2v) is 7.88. The van der Waals surface area contributed by atoms with E-state index in [0.29, 0.717) is 11.8 Å². The van der Waals surface area contributed by atoms with E-state index in [2.05, 4.69) is 12.2 Å². The largest absolute Gasteiger partial charge is 0.493 e. The van der Waals surface area contributed by atoms with Crippen molar-refractivity contribution >= 4 is 5.91 Å². The van der Waals surface area contributed by atoms with Crippen LogP contribution in [-0.4, -0.2) is 43.6 Å². The van der Waals surface area contributed by atoms with Crippen LogP contribution in [0.2, 0.25) is 0 Å². The molecule has 4 heteroatoms. The fourth-order valence-corrected chi connectivity index (χ4v) is 4.13. The second kappa shape index (κ2) is 9.96. The van der Waals surface area contributed by atoms with Crippen molar-refractivity contribution in [3.05, 3.63) is 29.8 Å². The minimum absolute atomic E-state index is 0.158. The average molecular weight is 359 g/mol. The Balaban J connectivity index is 1.45. The lowest BCUT2D eigenvalue weighted by Gasteiger charge is -2.32. The molecule has 1 aromatic carbocycles. The summed E-state index contributed by atoms with van der Waals surface area (Å²) in [6, 6.07) is 7.74. The third-order valence-corrected chi connectivity index (χ3v) is 5.90. The molecule has 1 heterocycles. The molecular formula is C22H34N2O2. The van der Waals surface area contributed by atoms with Gasteiger partial charge in [0, 0.05) is 18.7 Å². The Morgan fingerprint density at radius 1 is 1.04 bits per heavy atom. The van der Waals surface area contributed by atoms with Gasteiger partial charge >= 0.3 is 0 Å². The molecule has 2 aliphatic rings. The van der Waals surface area contributed by atoms with Gasteiger partial charge in [0.15, 0.2) is 0 Å². The highest BCUT2D eigenvalue weighted by Gasteiger charge is 2.23. The molecule has 0 radical (unpaired) electrons. The summed E-state index contributed by atoms with van der Waals surface area (Å²) in [6.07, 6.45) is 8.84. The first-order valence-electron chi connectivity index (χ1n) is 10.5. The fourth-order valence-electron chi connectivity index (χ4n) is 4.13. The maximum atomic E-state index is 12.7. The van der Waals surface area contributed by atoms with Gasteiger partial charge in [-0.1, -0.05) is 26.2 Å². The lowest BCUT2D eigenvalue weighted by Crippen LogP contribution is -2.40. The van der Waals surface area contributed by atoms with Crippen LogP contribution in [0.25, 0.3) is 0 Å². The molecule has 1 amide bonds. The van der Waals surface area contributed by atoms with Gasteiger partial charge in [-0.15, -0.1) is 0 Å². The van der Waals surface area contributed by atoms with Crippen LogP contribution in [0.4, 0.5) is 0 Å². The molecule has 1 saturated carbocycles. The highest BCUT2D eigenvalue weighted by atomic mass is 16.5. The third kappa shape index (κ3) is 5.47. The number of benzene rings is 1. The molecular weight excluding hydrogens is 324 g/mol. The van der Waals surface area contributed by atoms with Crippen LogP contribution in [0.15, 0.2) is 24.3 Å². The van der Waals surface area contributed by atoms with Crippen molar-refractivity contribution in [1.82, 2.24) is 10.2 Å². The van der Waals surface area contributed by atoms with Crippen LogP contribution in [-0.2, 0) is 0 Å². The Bertz CT molecular complexity index is 544. The van der Waals surface area contributed by atoms with Crippen molar-refractivity contribution in [2.24, 2.45) is 11.8 Å². The van der Waals surface area contributed by atoms with E-state index in [9.17, 15) is 4.79 Å². The minimum Gasteiger partial charge on any atom is -0.493 e. The number of nitrogens with one attached hydrogen (secondary N) is 1. The molecule has 1 aliphatic carbocycles. The van der Waals surface area contributed by atoms with E-state index in [1.807, 2.05) is 29.2 Å². The SMILES string of the molecule is CCNCC1CCN(C(=O)c2ccc(OCC3CCCCC3)cc2)CC1. The Morgan fingerprint density at radius 2 is 1.73 bits per heavy atom. The van der Waals surface area contributed by atoms with E-state index >= 15 is 0 Å². The molecule has 26 heavy (non-hydrogen) atoms. The van der Waals surface area contributed by atoms with Crippen molar-refractivity contribution < 1.29 is 9.53 Å². The highest BCUT2D eigenvalue weighted by Crippen LogP contribution is 2.25. The number of carbonyl (C=O) groups is 1. The van der Waals surface area contributed by atoms with E-state index in [0.717, 1.165) is 56.9 Å². The fraction of sp³-hybridized carbons (Fsp3) is 0.682. The first-order chi connectivity index (χ1) is 12.8. The standard InChI is InChI=1S/C22H34N2O2/c1-2-23-16-18-12-14-24(15-13-18)22(25)20-8-10-21(11-9-20)26-17-19-6-4-3-5-7-19/h8-11,18-19,23H,2-7,12-17H2,1H3. The first-order valence-corrected chi connectivity index (χ1v) is 10.5. The van der Waals surface area contributed by atoms with Crippen LogP contribution in [0.1, 0.15) is 62.2 Å². The summed E-state index contributed by atoms with van der Waals surface area (Å²) < 4.78 is 5.95. The van der Waals surface area contributed by atoms with Gasteiger partial charge in [-0.05, 0) is 74.9 Å². The predicted molar refractivity (Wildman–Crippen MR) is 106 cm³/mol. The van der Waals surface area contributed by atoms with Crippen molar-refractivity contribution in [2.45, 2.75) is 51.9 Å². The summed E-state index contributed by atoms with van der Waals surface area (Å²) in [7, 11) is 0. The average Bonchev–Trinajstić information content (AvgIpc) is 2.72. The number of rotatable bonds is 7. The summed E-state index contributed by atoms with van der Waals surface area (Å²) in [5.74, 6) is 2.45. The predicted octanol–water partition coefficient (Wildman–Crippen LogP) is 4.11. The number of hydrogen-bond acceptors (Lipinski definition) is 3. The van der Waals surface area contributed by atoms with Crippen LogP contribution in [0, 0.1) is 11.8 Å². The summed E-state index contributed by atoms with van der Waals surface area (Å²) in [4.78, 5) is 14.7. The van der Waals surface area contributed by atoms with Crippen molar-refractivity contribution in [3.63, 3.8) is 0 Å². The molecule has 1 saturated heterocycles. The van der Waals surface area contributed by atoms with Gasteiger partial charge in [0.1, 0.15) is 5.75 Å². The zero-order valence-electron chi connectivity index (χ0n) is 16.2. The monoisotopic (exact) mass is 358 g/mol. The quantitative estimate of drug-likeness (QED) is 0.797. The number of carbonyl (C=O) groups excluding carboxylic acids is 1. The molecule has 0 aromatic heterocycles. The van der Waals surface area contributed by atoms with E-state index in [-0.39, 0.29) is 5.91 Å². The molecule has 0 spiro atoms. The third-order valence-electron chi connectivity index (χ3n) is 5.90. The molecule has 3 rings (SSSR count). The molecule has 1 aliphatic heterocycles. The van der Waals surface area contributed by atoms with Crippen LogP contribution in [0.3, 0.4) is 0 Å². The molecule has 0 atom stereocenters. The number of amides is 1. The van der Waals surface area contributed by atoms with Gasteiger partial charge in [-0.2, -0.15) is 0 Å². The maximum absolute atomic E-state index is 12.7. The van der Waals surface area contributed by atoms with E-state index in [1.165, 1.54) is 32.1 Å². The smallest absolute Gasteiger partial charge is 0.253 e. The van der Waals surface area contributed by atoms with E-state index in [1.54, 1.807) is 0 Å². The van der Waals surface area contributed by atoms with Gasteiger partial charge < -0.3 is 15.0 Å². The van der Waals surface area contributed by atoms with Crippen molar-refractivity contribution in [1.29, 1.82) is 0 Å². The van der Waals surface area contributed by atoms with Crippen LogP contribution >= 0.6 is 0 Å². The summed E-state index contributed by atoms with van der Waals surface area (Å²) >= 11 is 0. The number of nitrogens with zero attached hydrogens (tertiary/aromatic N) is 1.